The Morgan fingerprint density at radius 2 is 1.95 bits per heavy atom. The normalized spacial score (nSPS) is 22.0. The third-order valence-corrected chi connectivity index (χ3v) is 8.75. The fourth-order valence-electron chi connectivity index (χ4n) is 6.42. The van der Waals surface area contributed by atoms with Crippen LogP contribution >= 0.6 is 11.6 Å². The van der Waals surface area contributed by atoms with Gasteiger partial charge in [-0.05, 0) is 58.9 Å². The first-order valence-corrected chi connectivity index (χ1v) is 14.1. The van der Waals surface area contributed by atoms with Crippen LogP contribution in [-0.2, 0) is 12.6 Å². The van der Waals surface area contributed by atoms with E-state index >= 15 is 0 Å². The summed E-state index contributed by atoms with van der Waals surface area (Å²) in [6.07, 6.45) is 0.326. The number of nitrogens with zero attached hydrogens (tertiary/aromatic N) is 6. The second-order valence-electron chi connectivity index (χ2n) is 11.4. The van der Waals surface area contributed by atoms with Crippen molar-refractivity contribution in [2.24, 2.45) is 10.9 Å². The van der Waals surface area contributed by atoms with E-state index in [9.17, 15) is 18.0 Å². The van der Waals surface area contributed by atoms with E-state index in [2.05, 4.69) is 23.0 Å². The summed E-state index contributed by atoms with van der Waals surface area (Å²) < 4.78 is 48.2. The lowest BCUT2D eigenvalue weighted by atomic mass is 9.95. The van der Waals surface area contributed by atoms with E-state index in [1.165, 1.54) is 18.2 Å². The quantitative estimate of drug-likeness (QED) is 0.264. The van der Waals surface area contributed by atoms with E-state index in [1.807, 2.05) is 18.3 Å². The van der Waals surface area contributed by atoms with Crippen LogP contribution in [0.15, 0.2) is 82.4 Å². The molecule has 0 saturated heterocycles. The number of alkyl halides is 3. The lowest BCUT2D eigenvalue weighted by Gasteiger charge is -2.21. The molecule has 0 N–H and O–H groups in total. The molecule has 3 unspecified atom stereocenters. The zero-order valence-electron chi connectivity index (χ0n) is 22.5. The number of benzene rings is 2. The highest BCUT2D eigenvalue weighted by Gasteiger charge is 2.55. The molecular formula is C31H22ClF3N6O2. The monoisotopic (exact) mass is 602 g/mol. The summed E-state index contributed by atoms with van der Waals surface area (Å²) in [4.78, 5) is 23.3. The Morgan fingerprint density at radius 3 is 2.77 bits per heavy atom. The van der Waals surface area contributed by atoms with Gasteiger partial charge in [0.1, 0.15) is 18.2 Å². The second-order valence-corrected chi connectivity index (χ2v) is 11.8. The van der Waals surface area contributed by atoms with Gasteiger partial charge < -0.3 is 4.74 Å². The maximum atomic E-state index is 13.7. The maximum absolute atomic E-state index is 13.7. The Kier molecular flexibility index (Phi) is 5.62. The molecule has 3 atom stereocenters. The number of halogens is 4. The smallest absolute Gasteiger partial charge is 0.436 e. The number of ether oxygens (including phenoxy) is 1. The van der Waals surface area contributed by atoms with E-state index < -0.39 is 11.9 Å². The molecular weight excluding hydrogens is 581 g/mol. The standard InChI is InChI=1S/C31H22ClF3N6O2/c1-15-6-17-3-2-16(8-26(17)43-14-15)23-7-18(12-36-23)29-20-10-21(20)30-37-24(11-28(42)41(29)30)22-9-19(32)4-5-25(22)40-13-27(38-39-40)31(33,34)35/h2-5,8-9,11-13,20-21,29H,1,6-7,10,14H2. The molecule has 0 spiro atoms. The molecule has 43 heavy (non-hydrogen) atoms. The maximum Gasteiger partial charge on any atom is 0.436 e. The fourth-order valence-corrected chi connectivity index (χ4v) is 6.60. The number of hydrogen-bond donors (Lipinski definition) is 0. The number of rotatable bonds is 4. The highest BCUT2D eigenvalue weighted by Crippen LogP contribution is 2.61. The van der Waals surface area contributed by atoms with Gasteiger partial charge in [0.25, 0.3) is 5.56 Å². The number of fused-ring (bicyclic) bond motifs is 4. The van der Waals surface area contributed by atoms with Gasteiger partial charge in [-0.1, -0.05) is 35.5 Å². The van der Waals surface area contributed by atoms with E-state index in [-0.39, 0.29) is 29.1 Å². The van der Waals surface area contributed by atoms with Crippen molar-refractivity contribution in [3.8, 4) is 22.7 Å². The molecule has 8 nitrogen and oxygen atoms in total. The molecule has 2 aromatic carbocycles. The van der Waals surface area contributed by atoms with Gasteiger partial charge in [0.05, 0.1) is 29.3 Å². The minimum Gasteiger partial charge on any atom is -0.489 e. The topological polar surface area (TPSA) is 87.2 Å². The molecule has 216 valence electrons. The molecule has 8 rings (SSSR count). The van der Waals surface area contributed by atoms with Crippen molar-refractivity contribution in [1.82, 2.24) is 24.5 Å². The fraction of sp³-hybridized carbons (Fsp3) is 0.258. The Hall–Kier alpha value is -4.51. The number of allylic oxidation sites excluding steroid dienone is 1. The van der Waals surface area contributed by atoms with Crippen molar-refractivity contribution in [1.29, 1.82) is 0 Å². The molecule has 12 heteroatoms. The average molecular weight is 603 g/mol. The molecule has 0 radical (unpaired) electrons. The summed E-state index contributed by atoms with van der Waals surface area (Å²) in [6.45, 7) is 4.53. The van der Waals surface area contributed by atoms with Crippen molar-refractivity contribution in [2.45, 2.75) is 37.4 Å². The van der Waals surface area contributed by atoms with Crippen LogP contribution in [0.1, 0.15) is 47.4 Å². The van der Waals surface area contributed by atoms with Crippen molar-refractivity contribution >= 4 is 17.3 Å². The first kappa shape index (κ1) is 26.1. The summed E-state index contributed by atoms with van der Waals surface area (Å²) in [6, 6.07) is 12.0. The van der Waals surface area contributed by atoms with Gasteiger partial charge in [-0.3, -0.25) is 14.4 Å². The van der Waals surface area contributed by atoms with Gasteiger partial charge >= 0.3 is 6.18 Å². The van der Waals surface area contributed by atoms with Crippen molar-refractivity contribution in [3.05, 3.63) is 111 Å². The Balaban J connectivity index is 1.11. The van der Waals surface area contributed by atoms with Gasteiger partial charge in [-0.15, -0.1) is 5.10 Å². The van der Waals surface area contributed by atoms with E-state index in [0.717, 1.165) is 57.5 Å². The molecule has 5 heterocycles. The van der Waals surface area contributed by atoms with Crippen LogP contribution in [0.5, 0.6) is 5.75 Å². The zero-order chi connectivity index (χ0) is 29.6. The molecule has 4 aromatic rings. The SMILES string of the molecule is C=C1COc2cc(C3=NC=C(C4C5CC5c5nc(-c6cc(Cl)ccc6-n6cc(C(F)(F)F)nn6)cc(=O)n54)C3)ccc2C1. The molecule has 0 amide bonds. The van der Waals surface area contributed by atoms with E-state index in [4.69, 9.17) is 26.3 Å². The van der Waals surface area contributed by atoms with Crippen LogP contribution in [-0.4, -0.2) is 36.9 Å². The van der Waals surface area contributed by atoms with Crippen LogP contribution in [0.3, 0.4) is 0 Å². The third-order valence-electron chi connectivity index (χ3n) is 8.51. The largest absolute Gasteiger partial charge is 0.489 e. The van der Waals surface area contributed by atoms with E-state index in [1.54, 1.807) is 10.6 Å². The van der Waals surface area contributed by atoms with Crippen molar-refractivity contribution in [2.75, 3.05) is 6.61 Å². The van der Waals surface area contributed by atoms with Crippen LogP contribution in [0.2, 0.25) is 5.02 Å². The zero-order valence-corrected chi connectivity index (χ0v) is 23.2. The molecule has 2 aromatic heterocycles. The minimum absolute atomic E-state index is 0.110. The third kappa shape index (κ3) is 4.32. The summed E-state index contributed by atoms with van der Waals surface area (Å²) >= 11 is 6.28. The van der Waals surface area contributed by atoms with Gasteiger partial charge in [0.15, 0.2) is 5.69 Å². The molecule has 1 aliphatic carbocycles. The number of aliphatic imine (C=N–C) groups is 1. The average Bonchev–Trinajstić information content (AvgIpc) is 3.30. The predicted molar refractivity (Wildman–Crippen MR) is 153 cm³/mol. The van der Waals surface area contributed by atoms with Crippen molar-refractivity contribution < 1.29 is 17.9 Å². The lowest BCUT2D eigenvalue weighted by Crippen LogP contribution is -2.27. The molecule has 4 aliphatic rings. The van der Waals surface area contributed by atoms with Crippen LogP contribution in [0, 0.1) is 5.92 Å². The highest BCUT2D eigenvalue weighted by molar-refractivity contribution is 6.31. The van der Waals surface area contributed by atoms with Gasteiger partial charge in [0.2, 0.25) is 0 Å². The lowest BCUT2D eigenvalue weighted by molar-refractivity contribution is -0.141. The molecule has 1 fully saturated rings. The molecule has 3 aliphatic heterocycles. The Morgan fingerprint density at radius 1 is 1.09 bits per heavy atom. The van der Waals surface area contributed by atoms with Gasteiger partial charge in [0, 0.05) is 41.6 Å². The first-order chi connectivity index (χ1) is 20.6. The second kappa shape index (κ2) is 9.24. The van der Waals surface area contributed by atoms with Crippen LogP contribution < -0.4 is 10.3 Å². The highest BCUT2D eigenvalue weighted by atomic mass is 35.5. The number of aromatic nitrogens is 5. The predicted octanol–water partition coefficient (Wildman–Crippen LogP) is 6.09. The molecule has 0 bridgehead atoms. The van der Waals surface area contributed by atoms with Gasteiger partial charge in [-0.2, -0.15) is 13.2 Å². The number of hydrogen-bond acceptors (Lipinski definition) is 6. The summed E-state index contributed by atoms with van der Waals surface area (Å²) in [7, 11) is 0. The summed E-state index contributed by atoms with van der Waals surface area (Å²) in [5, 5.41) is 7.28. The van der Waals surface area contributed by atoms with Crippen LogP contribution in [0.25, 0.3) is 16.9 Å². The first-order valence-electron chi connectivity index (χ1n) is 13.8. The van der Waals surface area contributed by atoms with Crippen LogP contribution in [0.4, 0.5) is 13.2 Å². The Labute approximate surface area is 247 Å². The summed E-state index contributed by atoms with van der Waals surface area (Å²) in [5.41, 5.74) is 4.73. The summed E-state index contributed by atoms with van der Waals surface area (Å²) in [5.74, 6) is 1.86. The van der Waals surface area contributed by atoms with Crippen molar-refractivity contribution in [3.63, 3.8) is 0 Å². The molecule has 1 saturated carbocycles. The van der Waals surface area contributed by atoms with Gasteiger partial charge in [-0.25, -0.2) is 9.67 Å². The minimum atomic E-state index is -4.65. The Bertz CT molecular complexity index is 1990. The van der Waals surface area contributed by atoms with E-state index in [0.29, 0.717) is 35.1 Å².